The minimum atomic E-state index is -0.746. The summed E-state index contributed by atoms with van der Waals surface area (Å²) in [5, 5.41) is 2.93. The number of methoxy groups -OCH3 is 2. The van der Waals surface area contributed by atoms with Gasteiger partial charge in [0.05, 0.1) is 24.3 Å². The average Bonchev–Trinajstić information content (AvgIpc) is 3.25. The summed E-state index contributed by atoms with van der Waals surface area (Å²) in [4.78, 5) is 58.3. The molecule has 0 unspecified atom stereocenters. The molecule has 0 bridgehead atoms. The Morgan fingerprint density at radius 2 is 1.63 bits per heavy atom. The zero-order valence-electron chi connectivity index (χ0n) is 26.6. The van der Waals surface area contributed by atoms with Crippen molar-refractivity contribution >= 4 is 23.8 Å². The summed E-state index contributed by atoms with van der Waals surface area (Å²) >= 11 is 0. The summed E-state index contributed by atoms with van der Waals surface area (Å²) in [7, 11) is 2.98. The number of rotatable bonds is 10. The van der Waals surface area contributed by atoms with Crippen molar-refractivity contribution in [3.63, 3.8) is 0 Å². The number of hydrogen-bond donors (Lipinski definition) is 1. The largest absolute Gasteiger partial charge is 0.497 e. The van der Waals surface area contributed by atoms with Crippen LogP contribution in [0.25, 0.3) is 0 Å². The van der Waals surface area contributed by atoms with Crippen molar-refractivity contribution in [3.8, 4) is 11.5 Å². The third kappa shape index (κ3) is 9.04. The zero-order valence-corrected chi connectivity index (χ0v) is 26.6. The highest BCUT2D eigenvalue weighted by atomic mass is 16.7. The van der Waals surface area contributed by atoms with Gasteiger partial charge < -0.3 is 33.9 Å². The maximum absolute atomic E-state index is 13.4. The summed E-state index contributed by atoms with van der Waals surface area (Å²) in [6, 6.07) is 13.3. The molecule has 1 aliphatic heterocycles. The number of nitrogens with zero attached hydrogens (tertiary/aromatic N) is 2. The van der Waals surface area contributed by atoms with E-state index in [2.05, 4.69) is 10.3 Å². The summed E-state index contributed by atoms with van der Waals surface area (Å²) in [5.41, 5.74) is 0.471. The lowest BCUT2D eigenvalue weighted by Gasteiger charge is -2.30. The van der Waals surface area contributed by atoms with Crippen LogP contribution >= 0.6 is 0 Å². The molecule has 244 valence electrons. The zero-order chi connectivity index (χ0) is 33.3. The number of carbonyl (C=O) groups is 4. The topological polar surface area (TPSA) is 143 Å². The van der Waals surface area contributed by atoms with Crippen LogP contribution in [0.3, 0.4) is 0 Å². The monoisotopic (exact) mass is 633 g/mol. The first-order valence-electron chi connectivity index (χ1n) is 14.8. The van der Waals surface area contributed by atoms with Gasteiger partial charge in [0.2, 0.25) is 0 Å². The quantitative estimate of drug-likeness (QED) is 0.190. The third-order valence-electron chi connectivity index (χ3n) is 7.10. The van der Waals surface area contributed by atoms with Crippen molar-refractivity contribution in [2.45, 2.75) is 51.4 Å². The first-order valence-corrected chi connectivity index (χ1v) is 14.8. The molecule has 1 fully saturated rings. The van der Waals surface area contributed by atoms with Crippen LogP contribution in [0.5, 0.6) is 11.5 Å². The summed E-state index contributed by atoms with van der Waals surface area (Å²) < 4.78 is 27.3. The molecule has 0 radical (unpaired) electrons. The van der Waals surface area contributed by atoms with Gasteiger partial charge in [0.1, 0.15) is 23.2 Å². The van der Waals surface area contributed by atoms with Crippen LogP contribution < -0.4 is 14.8 Å². The Kier molecular flexibility index (Phi) is 11.3. The van der Waals surface area contributed by atoms with E-state index in [1.165, 1.54) is 55.8 Å². The van der Waals surface area contributed by atoms with E-state index in [9.17, 15) is 19.2 Å². The first-order chi connectivity index (χ1) is 22.0. The maximum Gasteiger partial charge on any atom is 0.410 e. The molecule has 2 amide bonds. The number of ether oxygens (including phenoxy) is 5. The summed E-state index contributed by atoms with van der Waals surface area (Å²) in [5.74, 6) is -0.566. The Bertz CT molecular complexity index is 1520. The number of nitrogens with one attached hydrogen (secondary N) is 1. The molecule has 4 rings (SSSR count). The van der Waals surface area contributed by atoms with Gasteiger partial charge in [-0.3, -0.25) is 14.6 Å². The number of aromatic nitrogens is 1. The lowest BCUT2D eigenvalue weighted by atomic mass is 10.0. The fraction of sp³-hybridized carbons (Fsp3) is 0.382. The Morgan fingerprint density at radius 1 is 0.935 bits per heavy atom. The minimum absolute atomic E-state index is 0.0436. The van der Waals surface area contributed by atoms with Crippen LogP contribution in [0.15, 0.2) is 67.0 Å². The van der Waals surface area contributed by atoms with E-state index in [0.717, 1.165) is 0 Å². The Balaban J connectivity index is 1.52. The summed E-state index contributed by atoms with van der Waals surface area (Å²) in [6.45, 7) is 5.73. The van der Waals surface area contributed by atoms with Gasteiger partial charge in [-0.1, -0.05) is 12.1 Å². The molecule has 2 heterocycles. The Labute approximate surface area is 267 Å². The molecular formula is C34H39N3O9. The second-order valence-electron chi connectivity index (χ2n) is 11.6. The van der Waals surface area contributed by atoms with Crippen LogP contribution in [0, 0.1) is 0 Å². The van der Waals surface area contributed by atoms with E-state index in [0.29, 0.717) is 42.0 Å². The average molecular weight is 634 g/mol. The smallest absolute Gasteiger partial charge is 0.410 e. The van der Waals surface area contributed by atoms with E-state index < -0.39 is 35.7 Å². The number of amides is 2. The third-order valence-corrected chi connectivity index (χ3v) is 7.10. The number of carbonyl (C=O) groups excluding carboxylic acids is 4. The number of esters is 1. The van der Waals surface area contributed by atoms with E-state index in [1.54, 1.807) is 51.1 Å². The van der Waals surface area contributed by atoms with Gasteiger partial charge in [0, 0.05) is 43.7 Å². The van der Waals surface area contributed by atoms with Crippen molar-refractivity contribution in [1.82, 2.24) is 15.2 Å². The molecule has 1 aromatic heterocycles. The van der Waals surface area contributed by atoms with Crippen LogP contribution in [-0.4, -0.2) is 85.5 Å². The first kappa shape index (κ1) is 33.9. The van der Waals surface area contributed by atoms with E-state index in [1.807, 2.05) is 0 Å². The molecule has 12 heteroatoms. The van der Waals surface area contributed by atoms with Crippen LogP contribution in [0.4, 0.5) is 4.79 Å². The molecule has 1 saturated heterocycles. The Morgan fingerprint density at radius 3 is 2.28 bits per heavy atom. The van der Waals surface area contributed by atoms with Crippen LogP contribution in [0.1, 0.15) is 70.3 Å². The molecule has 1 aliphatic rings. The fourth-order valence-electron chi connectivity index (χ4n) is 4.84. The van der Waals surface area contributed by atoms with Gasteiger partial charge in [-0.25, -0.2) is 9.59 Å². The molecule has 2 aromatic carbocycles. The van der Waals surface area contributed by atoms with E-state index in [4.69, 9.17) is 23.7 Å². The van der Waals surface area contributed by atoms with Crippen molar-refractivity contribution in [3.05, 3.63) is 89.2 Å². The summed E-state index contributed by atoms with van der Waals surface area (Å²) in [6.07, 6.45) is 2.65. The molecule has 0 aliphatic carbocycles. The normalized spacial score (nSPS) is 16.5. The van der Waals surface area contributed by atoms with Crippen molar-refractivity contribution in [1.29, 1.82) is 0 Å². The predicted molar refractivity (Wildman–Crippen MR) is 167 cm³/mol. The minimum Gasteiger partial charge on any atom is -0.497 e. The highest BCUT2D eigenvalue weighted by Crippen LogP contribution is 2.27. The van der Waals surface area contributed by atoms with Gasteiger partial charge in [0.15, 0.2) is 12.6 Å². The molecule has 46 heavy (non-hydrogen) atoms. The second-order valence-corrected chi connectivity index (χ2v) is 11.6. The van der Waals surface area contributed by atoms with Gasteiger partial charge in [-0.15, -0.1) is 0 Å². The highest BCUT2D eigenvalue weighted by Gasteiger charge is 2.35. The lowest BCUT2D eigenvalue weighted by Crippen LogP contribution is -2.51. The molecule has 1 N–H and O–H groups in total. The van der Waals surface area contributed by atoms with Gasteiger partial charge in [-0.05, 0) is 76.1 Å². The van der Waals surface area contributed by atoms with E-state index >= 15 is 0 Å². The molecular weight excluding hydrogens is 594 g/mol. The molecule has 0 saturated carbocycles. The predicted octanol–water partition coefficient (Wildman–Crippen LogP) is 4.66. The molecule has 3 aromatic rings. The maximum atomic E-state index is 13.4. The number of likely N-dealkylation sites (tertiary alicyclic amines) is 1. The standard InChI is InChI=1S/C34H39N3O9/c1-34(2,3)46-33(41)37-18-6-7-29(27(20-37)36-31(39)23-14-16-35-17-15-23)45-32(40)24-10-8-22(9-11-24)30(38)26-19-25(43-5)12-13-28(26)44-21-42-4/h8-17,19,27,29H,6-7,18,20-21H2,1-5H3,(H,36,39)/t27-,29-/m1/s1. The lowest BCUT2D eigenvalue weighted by molar-refractivity contribution is 0.0127. The van der Waals surface area contributed by atoms with E-state index in [-0.39, 0.29) is 30.2 Å². The molecule has 0 spiro atoms. The van der Waals surface area contributed by atoms with Gasteiger partial charge >= 0.3 is 12.1 Å². The fourth-order valence-corrected chi connectivity index (χ4v) is 4.84. The van der Waals surface area contributed by atoms with Crippen LogP contribution in [-0.2, 0) is 14.2 Å². The van der Waals surface area contributed by atoms with Crippen molar-refractivity contribution in [2.24, 2.45) is 0 Å². The van der Waals surface area contributed by atoms with Gasteiger partial charge in [-0.2, -0.15) is 0 Å². The SMILES string of the molecule is COCOc1ccc(OC)cc1C(=O)c1ccc(C(=O)O[C@@H]2CCCN(C(=O)OC(C)(C)C)C[C@H]2NC(=O)c2ccncc2)cc1. The Hall–Kier alpha value is -4.97. The molecule has 12 nitrogen and oxygen atoms in total. The van der Waals surface area contributed by atoms with Crippen LogP contribution in [0.2, 0.25) is 0 Å². The highest BCUT2D eigenvalue weighted by molar-refractivity contribution is 6.11. The van der Waals surface area contributed by atoms with Gasteiger partial charge in [0.25, 0.3) is 5.91 Å². The second kappa shape index (κ2) is 15.3. The number of ketones is 1. The number of hydrogen-bond acceptors (Lipinski definition) is 10. The van der Waals surface area contributed by atoms with Crippen molar-refractivity contribution < 1.29 is 42.9 Å². The molecule has 2 atom stereocenters. The number of benzene rings is 2. The number of pyridine rings is 1. The van der Waals surface area contributed by atoms with Crippen molar-refractivity contribution in [2.75, 3.05) is 34.1 Å².